The van der Waals surface area contributed by atoms with Crippen molar-refractivity contribution in [2.24, 2.45) is 0 Å². The Bertz CT molecular complexity index is 2810. The van der Waals surface area contributed by atoms with Gasteiger partial charge in [-0.05, 0) is 167 Å². The van der Waals surface area contributed by atoms with Crippen LogP contribution in [0, 0.1) is 0 Å². The van der Waals surface area contributed by atoms with Gasteiger partial charge in [0.25, 0.3) is 0 Å². The first-order valence-electron chi connectivity index (χ1n) is 40.7. The van der Waals surface area contributed by atoms with Crippen molar-refractivity contribution in [2.45, 2.75) is 303 Å². The number of aliphatic hydroxyl groups excluding tert-OH is 1. The summed E-state index contributed by atoms with van der Waals surface area (Å²) in [6, 6.07) is 0. The van der Waals surface area contributed by atoms with Gasteiger partial charge in [0.1, 0.15) is 19.3 Å². The normalized spacial score (nSPS) is 14.8. The van der Waals surface area contributed by atoms with Gasteiger partial charge in [-0.1, -0.05) is 286 Å². The van der Waals surface area contributed by atoms with Crippen LogP contribution < -0.4 is 0 Å². The number of aliphatic hydroxyl groups is 1. The molecule has 0 aromatic carbocycles. The first kappa shape index (κ1) is 102. The molecule has 5 atom stereocenters. The number of allylic oxidation sites excluding steroid dienone is 32. The fourth-order valence-electron chi connectivity index (χ4n) is 9.95. The maximum Gasteiger partial charge on any atom is 0.472 e. The lowest BCUT2D eigenvalue weighted by Crippen LogP contribution is -2.30. The van der Waals surface area contributed by atoms with Gasteiger partial charge in [0.05, 0.1) is 26.4 Å². The molecule has 0 aliphatic heterocycles. The number of carbonyl (C=O) groups excluding carboxylic acids is 4. The van der Waals surface area contributed by atoms with Crippen LogP contribution in [-0.4, -0.2) is 96.7 Å². The molecule has 0 radical (unpaired) electrons. The van der Waals surface area contributed by atoms with Gasteiger partial charge in [0, 0.05) is 25.7 Å². The third-order valence-corrected chi connectivity index (χ3v) is 17.9. The highest BCUT2D eigenvalue weighted by atomic mass is 31.2. The maximum atomic E-state index is 13.1. The molecule has 0 saturated heterocycles. The van der Waals surface area contributed by atoms with Crippen molar-refractivity contribution >= 4 is 39.5 Å². The maximum absolute atomic E-state index is 13.1. The van der Waals surface area contributed by atoms with Crippen molar-refractivity contribution < 1.29 is 80.2 Å². The minimum atomic E-state index is -5.01. The number of esters is 4. The third kappa shape index (κ3) is 78.0. The molecule has 0 aliphatic carbocycles. The Balaban J connectivity index is 5.47. The summed E-state index contributed by atoms with van der Waals surface area (Å²) < 4.78 is 68.5. The van der Waals surface area contributed by atoms with E-state index in [-0.39, 0.29) is 25.7 Å². The Hall–Kier alpha value is -6.10. The van der Waals surface area contributed by atoms with Gasteiger partial charge in [-0.25, -0.2) is 9.13 Å². The van der Waals surface area contributed by atoms with E-state index in [1.165, 1.54) is 6.42 Å². The van der Waals surface area contributed by atoms with Gasteiger partial charge >= 0.3 is 39.5 Å². The molecule has 0 heterocycles. The van der Waals surface area contributed by atoms with Crippen molar-refractivity contribution in [2.75, 3.05) is 39.6 Å². The molecule has 17 nitrogen and oxygen atoms in total. The minimum absolute atomic E-state index is 0.0274. The summed E-state index contributed by atoms with van der Waals surface area (Å²) in [7, 11) is -10.0. The van der Waals surface area contributed by atoms with E-state index in [9.17, 15) is 43.2 Å². The van der Waals surface area contributed by atoms with Crippen LogP contribution in [0.3, 0.4) is 0 Å². The molecule has 0 rings (SSSR count). The molecule has 610 valence electrons. The Morgan fingerprint density at radius 2 is 0.500 bits per heavy atom. The highest BCUT2D eigenvalue weighted by Gasteiger charge is 2.30. The van der Waals surface area contributed by atoms with Gasteiger partial charge in [-0.3, -0.25) is 37.3 Å². The van der Waals surface area contributed by atoms with Crippen molar-refractivity contribution in [1.29, 1.82) is 0 Å². The monoisotopic (exact) mass is 1540 g/mol. The van der Waals surface area contributed by atoms with E-state index in [0.29, 0.717) is 32.1 Å². The van der Waals surface area contributed by atoms with Crippen LogP contribution in [0.15, 0.2) is 194 Å². The highest BCUT2D eigenvalue weighted by Crippen LogP contribution is 2.45. The summed E-state index contributed by atoms with van der Waals surface area (Å²) in [5.41, 5.74) is 0. The Labute approximate surface area is 653 Å². The molecule has 0 aromatic rings. The lowest BCUT2D eigenvalue weighted by Gasteiger charge is -2.21. The summed E-state index contributed by atoms with van der Waals surface area (Å²) in [5.74, 6) is -2.35. The van der Waals surface area contributed by atoms with E-state index in [1.54, 1.807) is 0 Å². The first-order valence-corrected chi connectivity index (χ1v) is 43.7. The second-order valence-corrected chi connectivity index (χ2v) is 29.1. The molecular formula is C89H142O17P2. The molecular weight excluding hydrogens is 1400 g/mol. The Kier molecular flexibility index (Phi) is 74.5. The summed E-state index contributed by atoms with van der Waals surface area (Å²) in [5, 5.41) is 10.6. The molecule has 0 spiro atoms. The van der Waals surface area contributed by atoms with Crippen LogP contribution in [0.25, 0.3) is 0 Å². The SMILES string of the molecule is CC/C=C\C/C=C\C/C=C\C/C=C\C/C=C\C/C=C\CCC(=O)OCC(COP(=O)(O)OCC(O)COP(=O)(O)OCC(COC(=O)CCCCC/C=C\C/C=C\C/C=C\C/C=C\C/C=C\CC)OC(=O)CCCCCCCC/C=C\C/C=C\C/C=C\C/C=C\CC)OC(=O)CCCCCCC/C=C\CCCC. The van der Waals surface area contributed by atoms with Crippen LogP contribution in [0.4, 0.5) is 0 Å². The number of phosphoric acid groups is 2. The smallest absolute Gasteiger partial charge is 0.462 e. The zero-order valence-corrected chi connectivity index (χ0v) is 68.5. The zero-order valence-electron chi connectivity index (χ0n) is 66.7. The van der Waals surface area contributed by atoms with Gasteiger partial charge < -0.3 is 33.8 Å². The van der Waals surface area contributed by atoms with Crippen LogP contribution in [0.5, 0.6) is 0 Å². The van der Waals surface area contributed by atoms with E-state index in [0.717, 1.165) is 193 Å². The van der Waals surface area contributed by atoms with E-state index in [4.69, 9.17) is 37.0 Å². The van der Waals surface area contributed by atoms with Gasteiger partial charge in [0.2, 0.25) is 0 Å². The standard InChI is InChI=1S/C89H142O17P2/c1-5-9-13-17-21-25-29-32-35-38-41-44-47-50-54-57-61-65-69-73-86(91)99-79-84(105-88(93)75-71-67-63-59-53-28-24-20-16-12-8-4)81-103-107(95,96)101-77-83(90)78-102-108(97,98)104-82-85(106-89(94)76-72-68-64-60-56-52-49-46-43-40-37-34-31-27-23-19-15-11-7-3)80-100-87(92)74-70-66-62-58-55-51-48-45-42-39-36-33-30-26-22-18-14-10-6-2/h9-11,13-15,20-27,32-37,41-46,50-51,54-55,61,65,83-85,90H,5-8,12,16-19,28-31,38-40,47-49,52-53,56-60,62-64,66-82H2,1-4H3,(H,95,96)(H,97,98)/b13-9-,14-10-,15-11-,24-20-,25-21-,26-22-,27-23-,35-32-,36-33-,37-34-,44-41-,45-42-,46-43-,54-50-,55-51-,65-61-. The van der Waals surface area contributed by atoms with Crippen LogP contribution in [0.2, 0.25) is 0 Å². The molecule has 0 aromatic heterocycles. The molecule has 0 amide bonds. The third-order valence-electron chi connectivity index (χ3n) is 16.0. The second-order valence-electron chi connectivity index (χ2n) is 26.2. The number of hydrogen-bond donors (Lipinski definition) is 3. The summed E-state index contributed by atoms with van der Waals surface area (Å²) in [6.07, 6.45) is 97.1. The number of rotatable bonds is 74. The van der Waals surface area contributed by atoms with Gasteiger partial charge in [-0.15, -0.1) is 0 Å². The lowest BCUT2D eigenvalue weighted by atomic mass is 10.1. The molecule has 5 unspecified atom stereocenters. The van der Waals surface area contributed by atoms with Crippen molar-refractivity contribution in [1.82, 2.24) is 0 Å². The fraction of sp³-hybridized carbons (Fsp3) is 0.596. The average Bonchev–Trinajstić information content (AvgIpc) is 0.899. The van der Waals surface area contributed by atoms with Crippen molar-refractivity contribution in [3.05, 3.63) is 194 Å². The topological polar surface area (TPSA) is 237 Å². The van der Waals surface area contributed by atoms with E-state index < -0.39 is 97.5 Å². The first-order chi connectivity index (χ1) is 52.7. The van der Waals surface area contributed by atoms with Crippen molar-refractivity contribution in [3.8, 4) is 0 Å². The predicted molar refractivity (Wildman–Crippen MR) is 445 cm³/mol. The van der Waals surface area contributed by atoms with Gasteiger partial charge in [0.15, 0.2) is 12.2 Å². The van der Waals surface area contributed by atoms with E-state index >= 15 is 0 Å². The predicted octanol–water partition coefficient (Wildman–Crippen LogP) is 24.1. The van der Waals surface area contributed by atoms with E-state index in [1.807, 2.05) is 18.2 Å². The zero-order chi connectivity index (χ0) is 78.9. The molecule has 0 aliphatic rings. The summed E-state index contributed by atoms with van der Waals surface area (Å²) in [6.45, 7) is 4.32. The second kappa shape index (κ2) is 79.0. The van der Waals surface area contributed by atoms with Crippen LogP contribution in [-0.2, 0) is 65.4 Å². The molecule has 108 heavy (non-hydrogen) atoms. The Morgan fingerprint density at radius 1 is 0.269 bits per heavy atom. The molecule has 0 saturated carbocycles. The van der Waals surface area contributed by atoms with Crippen LogP contribution in [0.1, 0.15) is 285 Å². The molecule has 0 bridgehead atoms. The van der Waals surface area contributed by atoms with E-state index in [2.05, 4.69) is 204 Å². The molecule has 0 fully saturated rings. The van der Waals surface area contributed by atoms with Crippen molar-refractivity contribution in [3.63, 3.8) is 0 Å². The summed E-state index contributed by atoms with van der Waals surface area (Å²) >= 11 is 0. The highest BCUT2D eigenvalue weighted by molar-refractivity contribution is 7.47. The fourth-order valence-corrected chi connectivity index (χ4v) is 11.5. The minimum Gasteiger partial charge on any atom is -0.462 e. The number of ether oxygens (including phenoxy) is 4. The molecule has 19 heteroatoms. The molecule has 3 N–H and O–H groups in total. The number of hydrogen-bond acceptors (Lipinski definition) is 15. The largest absolute Gasteiger partial charge is 0.472 e. The average molecular weight is 1550 g/mol. The summed E-state index contributed by atoms with van der Waals surface area (Å²) in [4.78, 5) is 73.0. The Morgan fingerprint density at radius 3 is 0.815 bits per heavy atom. The van der Waals surface area contributed by atoms with Crippen LogP contribution >= 0.6 is 15.6 Å². The lowest BCUT2D eigenvalue weighted by molar-refractivity contribution is -0.161. The number of unbranched alkanes of at least 4 members (excludes halogenated alkanes) is 16. The number of phosphoric ester groups is 2. The number of carbonyl (C=O) groups is 4. The quantitative estimate of drug-likeness (QED) is 0.0169. The van der Waals surface area contributed by atoms with Gasteiger partial charge in [-0.2, -0.15) is 0 Å².